The summed E-state index contributed by atoms with van der Waals surface area (Å²) in [5.74, 6) is 6.94. The minimum Gasteiger partial charge on any atom is -0.352 e. The highest BCUT2D eigenvalue weighted by atomic mass is 16.2. The van der Waals surface area contributed by atoms with Gasteiger partial charge in [0.1, 0.15) is 18.0 Å². The molecule has 102 valence electrons. The Morgan fingerprint density at radius 2 is 2.32 bits per heavy atom. The molecule has 8 nitrogen and oxygen atoms in total. The molecule has 0 radical (unpaired) electrons. The number of aromatic nitrogens is 2. The van der Waals surface area contributed by atoms with Crippen molar-refractivity contribution in [3.63, 3.8) is 0 Å². The number of carbonyl (C=O) groups is 1. The van der Waals surface area contributed by atoms with E-state index < -0.39 is 0 Å². The molecule has 0 bridgehead atoms. The molecule has 1 aromatic rings. The largest absolute Gasteiger partial charge is 0.352 e. The molecule has 2 aliphatic heterocycles. The maximum atomic E-state index is 11.6. The molecule has 3 rings (SSSR count). The van der Waals surface area contributed by atoms with Gasteiger partial charge in [-0.3, -0.25) is 0 Å². The Kier molecular flexibility index (Phi) is 2.86. The van der Waals surface area contributed by atoms with E-state index in [2.05, 4.69) is 25.6 Å². The van der Waals surface area contributed by atoms with E-state index in [1.54, 1.807) is 0 Å². The van der Waals surface area contributed by atoms with Gasteiger partial charge >= 0.3 is 6.03 Å². The number of nitrogens with zero attached hydrogens (tertiary/aromatic N) is 4. The number of hydrogen-bond donors (Lipinski definition) is 3. The van der Waals surface area contributed by atoms with Gasteiger partial charge in [-0.1, -0.05) is 0 Å². The summed E-state index contributed by atoms with van der Waals surface area (Å²) in [6, 6.07) is 0.248. The maximum absolute atomic E-state index is 11.6. The van der Waals surface area contributed by atoms with E-state index >= 15 is 0 Å². The molecule has 0 aromatic carbocycles. The minimum absolute atomic E-state index is 0.0355. The van der Waals surface area contributed by atoms with Crippen molar-refractivity contribution in [3.8, 4) is 0 Å². The van der Waals surface area contributed by atoms with Gasteiger partial charge < -0.3 is 20.5 Å². The maximum Gasteiger partial charge on any atom is 0.317 e. The lowest BCUT2D eigenvalue weighted by Crippen LogP contribution is -2.52. The lowest BCUT2D eigenvalue weighted by Gasteiger charge is -2.37. The van der Waals surface area contributed by atoms with E-state index in [0.717, 1.165) is 24.5 Å². The molecule has 1 atom stereocenters. The fraction of sp³-hybridized carbons (Fsp3) is 0.545. The van der Waals surface area contributed by atoms with Crippen molar-refractivity contribution in [1.29, 1.82) is 0 Å². The molecule has 0 aliphatic carbocycles. The molecule has 0 saturated carbocycles. The first-order chi connectivity index (χ1) is 9.20. The number of nitrogens with one attached hydrogen (secondary N) is 2. The van der Waals surface area contributed by atoms with Crippen LogP contribution in [-0.4, -0.2) is 53.1 Å². The fourth-order valence-electron chi connectivity index (χ4n) is 2.70. The van der Waals surface area contributed by atoms with E-state index in [4.69, 9.17) is 5.84 Å². The smallest absolute Gasteiger partial charge is 0.317 e. The van der Waals surface area contributed by atoms with E-state index in [-0.39, 0.29) is 12.1 Å². The highest BCUT2D eigenvalue weighted by Gasteiger charge is 2.36. The first kappa shape index (κ1) is 12.0. The van der Waals surface area contributed by atoms with Crippen molar-refractivity contribution in [2.24, 2.45) is 5.84 Å². The fourth-order valence-corrected chi connectivity index (χ4v) is 2.70. The SMILES string of the molecule is Cc1c(NN)ncnc1N1CCN2C(=O)NCC2C1. The Hall–Kier alpha value is -2.09. The number of nitrogen functional groups attached to an aromatic ring is 1. The van der Waals surface area contributed by atoms with Gasteiger partial charge in [-0.25, -0.2) is 20.6 Å². The molecule has 19 heavy (non-hydrogen) atoms. The van der Waals surface area contributed by atoms with Crippen LogP contribution in [0.1, 0.15) is 5.56 Å². The molecule has 1 unspecified atom stereocenters. The number of hydrazine groups is 1. The van der Waals surface area contributed by atoms with E-state index in [1.165, 1.54) is 6.33 Å². The molecule has 0 spiro atoms. The zero-order chi connectivity index (χ0) is 13.4. The average molecular weight is 263 g/mol. The number of urea groups is 1. The predicted octanol–water partition coefficient (Wildman–Crippen LogP) is -0.716. The summed E-state index contributed by atoms with van der Waals surface area (Å²) in [4.78, 5) is 24.0. The topological polar surface area (TPSA) is 99.4 Å². The van der Waals surface area contributed by atoms with Crippen LogP contribution < -0.4 is 21.5 Å². The second kappa shape index (κ2) is 4.54. The zero-order valence-electron chi connectivity index (χ0n) is 10.8. The summed E-state index contributed by atoms with van der Waals surface area (Å²) in [5, 5.41) is 2.87. The third kappa shape index (κ3) is 1.93. The summed E-state index contributed by atoms with van der Waals surface area (Å²) in [6.45, 7) is 4.90. The molecule has 1 aromatic heterocycles. The van der Waals surface area contributed by atoms with Crippen molar-refractivity contribution in [2.75, 3.05) is 36.5 Å². The number of anilines is 2. The lowest BCUT2D eigenvalue weighted by atomic mass is 10.2. The third-order valence-electron chi connectivity index (χ3n) is 3.73. The molecule has 2 amide bonds. The van der Waals surface area contributed by atoms with E-state index in [9.17, 15) is 4.79 Å². The predicted molar refractivity (Wildman–Crippen MR) is 70.7 cm³/mol. The number of rotatable bonds is 2. The van der Waals surface area contributed by atoms with Gasteiger partial charge in [0.15, 0.2) is 0 Å². The van der Waals surface area contributed by atoms with E-state index in [1.807, 2.05) is 11.8 Å². The summed E-state index contributed by atoms with van der Waals surface area (Å²) in [5.41, 5.74) is 3.50. The number of amides is 2. The van der Waals surface area contributed by atoms with Crippen LogP contribution in [0.2, 0.25) is 0 Å². The number of hydrogen-bond acceptors (Lipinski definition) is 6. The van der Waals surface area contributed by atoms with Crippen molar-refractivity contribution in [2.45, 2.75) is 13.0 Å². The molecular weight excluding hydrogens is 246 g/mol. The van der Waals surface area contributed by atoms with Gasteiger partial charge in [0.2, 0.25) is 0 Å². The Morgan fingerprint density at radius 1 is 1.47 bits per heavy atom. The molecule has 3 heterocycles. The normalized spacial score (nSPS) is 22.2. The first-order valence-electron chi connectivity index (χ1n) is 6.28. The summed E-state index contributed by atoms with van der Waals surface area (Å²) < 4.78 is 0. The highest BCUT2D eigenvalue weighted by molar-refractivity contribution is 5.77. The van der Waals surface area contributed by atoms with Crippen LogP contribution in [0, 0.1) is 6.92 Å². The third-order valence-corrected chi connectivity index (χ3v) is 3.73. The van der Waals surface area contributed by atoms with Crippen LogP contribution >= 0.6 is 0 Å². The number of carbonyl (C=O) groups excluding carboxylic acids is 1. The van der Waals surface area contributed by atoms with Gasteiger partial charge in [-0.2, -0.15) is 0 Å². The van der Waals surface area contributed by atoms with Crippen LogP contribution in [-0.2, 0) is 0 Å². The molecule has 2 fully saturated rings. The quantitative estimate of drug-likeness (QED) is 0.481. The molecule has 4 N–H and O–H groups in total. The van der Waals surface area contributed by atoms with Crippen molar-refractivity contribution < 1.29 is 4.79 Å². The van der Waals surface area contributed by atoms with Gasteiger partial charge in [0.25, 0.3) is 0 Å². The van der Waals surface area contributed by atoms with Crippen LogP contribution in [0.3, 0.4) is 0 Å². The molecule has 2 aliphatic rings. The first-order valence-corrected chi connectivity index (χ1v) is 6.28. The van der Waals surface area contributed by atoms with Crippen molar-refractivity contribution in [3.05, 3.63) is 11.9 Å². The number of nitrogens with two attached hydrogens (primary N) is 1. The monoisotopic (exact) mass is 263 g/mol. The van der Waals surface area contributed by atoms with Gasteiger partial charge in [-0.05, 0) is 6.92 Å². The summed E-state index contributed by atoms with van der Waals surface area (Å²) in [6.07, 6.45) is 1.50. The number of fused-ring (bicyclic) bond motifs is 1. The Balaban J connectivity index is 1.83. The molecule has 2 saturated heterocycles. The minimum atomic E-state index is 0.0355. The van der Waals surface area contributed by atoms with Crippen molar-refractivity contribution in [1.82, 2.24) is 20.2 Å². The van der Waals surface area contributed by atoms with Crippen LogP contribution in [0.5, 0.6) is 0 Å². The Bertz CT molecular complexity index is 506. The number of piperazine rings is 1. The average Bonchev–Trinajstić information content (AvgIpc) is 2.80. The standard InChI is InChI=1S/C11H17N7O/c1-7-9(16-12)14-6-15-10(7)17-2-3-18-8(5-17)4-13-11(18)19/h6,8H,2-5,12H2,1H3,(H,13,19)(H,14,15,16). The highest BCUT2D eigenvalue weighted by Crippen LogP contribution is 2.25. The van der Waals surface area contributed by atoms with Crippen LogP contribution in [0.15, 0.2) is 6.33 Å². The zero-order valence-corrected chi connectivity index (χ0v) is 10.8. The summed E-state index contributed by atoms with van der Waals surface area (Å²) in [7, 11) is 0. The lowest BCUT2D eigenvalue weighted by molar-refractivity contribution is 0.197. The van der Waals surface area contributed by atoms with Crippen LogP contribution in [0.25, 0.3) is 0 Å². The van der Waals surface area contributed by atoms with Crippen molar-refractivity contribution >= 4 is 17.7 Å². The van der Waals surface area contributed by atoms with Crippen LogP contribution in [0.4, 0.5) is 16.4 Å². The second-order valence-corrected chi connectivity index (χ2v) is 4.79. The van der Waals surface area contributed by atoms with Gasteiger partial charge in [-0.15, -0.1) is 0 Å². The van der Waals surface area contributed by atoms with E-state index in [0.29, 0.717) is 18.9 Å². The second-order valence-electron chi connectivity index (χ2n) is 4.79. The van der Waals surface area contributed by atoms with Gasteiger partial charge in [0, 0.05) is 31.7 Å². The summed E-state index contributed by atoms with van der Waals surface area (Å²) >= 11 is 0. The molecular formula is C11H17N7O. The Labute approximate surface area is 111 Å². The molecule has 8 heteroatoms. The van der Waals surface area contributed by atoms with Gasteiger partial charge in [0.05, 0.1) is 6.04 Å². The Morgan fingerprint density at radius 3 is 3.11 bits per heavy atom.